The summed E-state index contributed by atoms with van der Waals surface area (Å²) in [6, 6.07) is 9.15. The third-order valence-corrected chi connectivity index (χ3v) is 2.72. The van der Waals surface area contributed by atoms with Crippen molar-refractivity contribution in [3.8, 4) is 11.9 Å². The van der Waals surface area contributed by atoms with Crippen LogP contribution in [0.5, 0.6) is 5.88 Å². The van der Waals surface area contributed by atoms with Crippen LogP contribution < -0.4 is 0 Å². The van der Waals surface area contributed by atoms with Crippen molar-refractivity contribution in [1.82, 2.24) is 9.97 Å². The largest absolute Gasteiger partial charge is 0.493 e. The lowest BCUT2D eigenvalue weighted by Gasteiger charge is -1.90. The molecule has 98 valence electrons. The third-order valence-electron chi connectivity index (χ3n) is 2.72. The number of aromatic amines is 1. The Morgan fingerprint density at radius 1 is 1.35 bits per heavy atom. The maximum absolute atomic E-state index is 9.82. The van der Waals surface area contributed by atoms with Gasteiger partial charge in [-0.1, -0.05) is 18.2 Å². The Balaban J connectivity index is 2.07. The number of aromatic hydroxyl groups is 1. The lowest BCUT2D eigenvalue weighted by Crippen LogP contribution is -1.72. The molecule has 0 saturated heterocycles. The average molecular weight is 267 g/mol. The standard InChI is InChI=1S/C13H9N5O2/c1-7-15-10(6-14)13(20-7)18-17-11-8-4-2-3-5-9(8)16-12(11)19/h2-5,16,19H,1H3. The van der Waals surface area contributed by atoms with Crippen molar-refractivity contribution in [3.05, 3.63) is 35.9 Å². The smallest absolute Gasteiger partial charge is 0.277 e. The Kier molecular flexibility index (Phi) is 2.69. The molecule has 0 radical (unpaired) electrons. The number of nitrogens with zero attached hydrogens (tertiary/aromatic N) is 4. The Bertz CT molecular complexity index is 853. The highest BCUT2D eigenvalue weighted by Crippen LogP contribution is 2.36. The molecule has 0 bridgehead atoms. The van der Waals surface area contributed by atoms with Crippen LogP contribution in [0.3, 0.4) is 0 Å². The van der Waals surface area contributed by atoms with Gasteiger partial charge >= 0.3 is 0 Å². The molecule has 0 aliphatic carbocycles. The van der Waals surface area contributed by atoms with Gasteiger partial charge in [0.05, 0.1) is 5.52 Å². The van der Waals surface area contributed by atoms with Gasteiger partial charge in [0, 0.05) is 12.3 Å². The summed E-state index contributed by atoms with van der Waals surface area (Å²) in [7, 11) is 0. The van der Waals surface area contributed by atoms with Crippen LogP contribution >= 0.6 is 0 Å². The van der Waals surface area contributed by atoms with Gasteiger partial charge in [0.2, 0.25) is 11.6 Å². The van der Waals surface area contributed by atoms with E-state index in [1.165, 1.54) is 0 Å². The predicted molar refractivity (Wildman–Crippen MR) is 70.1 cm³/mol. The third kappa shape index (κ3) is 1.89. The zero-order chi connectivity index (χ0) is 14.1. The fraction of sp³-hybridized carbons (Fsp3) is 0.0769. The highest BCUT2D eigenvalue weighted by atomic mass is 16.4. The highest BCUT2D eigenvalue weighted by molar-refractivity contribution is 5.94. The molecule has 0 saturated carbocycles. The van der Waals surface area contributed by atoms with Gasteiger partial charge in [0.1, 0.15) is 6.07 Å². The molecule has 0 aliphatic heterocycles. The highest BCUT2D eigenvalue weighted by Gasteiger charge is 2.12. The number of aromatic nitrogens is 2. The van der Waals surface area contributed by atoms with Crippen LogP contribution in [0.4, 0.5) is 11.6 Å². The van der Waals surface area contributed by atoms with Gasteiger partial charge in [-0.3, -0.25) is 0 Å². The molecule has 7 nitrogen and oxygen atoms in total. The summed E-state index contributed by atoms with van der Waals surface area (Å²) in [5, 5.41) is 27.2. The van der Waals surface area contributed by atoms with E-state index in [9.17, 15) is 5.11 Å². The Morgan fingerprint density at radius 2 is 2.15 bits per heavy atom. The van der Waals surface area contributed by atoms with Crippen LogP contribution in [-0.4, -0.2) is 15.1 Å². The van der Waals surface area contributed by atoms with Crippen molar-refractivity contribution < 1.29 is 9.52 Å². The van der Waals surface area contributed by atoms with Gasteiger partial charge in [-0.15, -0.1) is 10.2 Å². The molecule has 0 unspecified atom stereocenters. The number of oxazole rings is 1. The van der Waals surface area contributed by atoms with E-state index >= 15 is 0 Å². The molecule has 0 aliphatic rings. The number of benzene rings is 1. The van der Waals surface area contributed by atoms with Crippen LogP contribution in [0.15, 0.2) is 38.9 Å². The molecular weight excluding hydrogens is 258 g/mol. The van der Waals surface area contributed by atoms with E-state index in [1.807, 2.05) is 24.3 Å². The van der Waals surface area contributed by atoms with Crippen molar-refractivity contribution in [1.29, 1.82) is 5.26 Å². The SMILES string of the molecule is Cc1nc(C#N)c(N=Nc2c(O)[nH]c3ccccc23)o1. The lowest BCUT2D eigenvalue weighted by atomic mass is 10.2. The zero-order valence-corrected chi connectivity index (χ0v) is 10.5. The molecular formula is C13H9N5O2. The van der Waals surface area contributed by atoms with E-state index in [1.54, 1.807) is 13.0 Å². The van der Waals surface area contributed by atoms with Gasteiger partial charge in [-0.05, 0) is 6.07 Å². The lowest BCUT2D eigenvalue weighted by molar-refractivity contribution is 0.459. The van der Waals surface area contributed by atoms with Crippen molar-refractivity contribution >= 4 is 22.5 Å². The maximum atomic E-state index is 9.82. The number of hydrogen-bond acceptors (Lipinski definition) is 6. The Hall–Kier alpha value is -3.14. The first-order valence-electron chi connectivity index (χ1n) is 5.78. The van der Waals surface area contributed by atoms with Gasteiger partial charge in [-0.2, -0.15) is 5.26 Å². The first-order valence-corrected chi connectivity index (χ1v) is 5.78. The number of nitrogens with one attached hydrogen (secondary N) is 1. The summed E-state index contributed by atoms with van der Waals surface area (Å²) in [5.74, 6) is 0.262. The fourth-order valence-electron chi connectivity index (χ4n) is 1.87. The fourth-order valence-corrected chi connectivity index (χ4v) is 1.87. The second-order valence-corrected chi connectivity index (χ2v) is 4.07. The van der Waals surface area contributed by atoms with Crippen molar-refractivity contribution in [2.45, 2.75) is 6.92 Å². The molecule has 0 fully saturated rings. The average Bonchev–Trinajstić information content (AvgIpc) is 2.95. The van der Waals surface area contributed by atoms with E-state index in [2.05, 4.69) is 20.2 Å². The van der Waals surface area contributed by atoms with E-state index in [4.69, 9.17) is 9.68 Å². The predicted octanol–water partition coefficient (Wildman–Crippen LogP) is 3.46. The summed E-state index contributed by atoms with van der Waals surface area (Å²) in [5.41, 5.74) is 1.09. The zero-order valence-electron chi connectivity index (χ0n) is 10.5. The summed E-state index contributed by atoms with van der Waals surface area (Å²) in [4.78, 5) is 6.65. The van der Waals surface area contributed by atoms with Crippen LogP contribution in [0, 0.1) is 18.3 Å². The second-order valence-electron chi connectivity index (χ2n) is 4.07. The number of azo groups is 1. The number of rotatable bonds is 2. The van der Waals surface area contributed by atoms with Gasteiger partial charge in [0.25, 0.3) is 5.88 Å². The van der Waals surface area contributed by atoms with E-state index in [-0.39, 0.29) is 17.5 Å². The van der Waals surface area contributed by atoms with E-state index < -0.39 is 0 Å². The number of para-hydroxylation sites is 1. The number of H-pyrrole nitrogens is 1. The molecule has 1 aromatic carbocycles. The van der Waals surface area contributed by atoms with Crippen LogP contribution in [0.2, 0.25) is 0 Å². The van der Waals surface area contributed by atoms with Gasteiger partial charge in [0.15, 0.2) is 11.6 Å². The Labute approximate surface area is 113 Å². The minimum Gasteiger partial charge on any atom is -0.493 e. The first kappa shape index (κ1) is 11.9. The topological polar surface area (TPSA) is 111 Å². The number of hydrogen-bond donors (Lipinski definition) is 2. The molecule has 3 aromatic rings. The quantitative estimate of drug-likeness (QED) is 0.692. The van der Waals surface area contributed by atoms with Crippen LogP contribution in [-0.2, 0) is 0 Å². The van der Waals surface area contributed by atoms with Crippen LogP contribution in [0.25, 0.3) is 10.9 Å². The summed E-state index contributed by atoms with van der Waals surface area (Å²) in [6.45, 7) is 1.61. The molecule has 2 N–H and O–H groups in total. The van der Waals surface area contributed by atoms with Crippen molar-refractivity contribution in [2.24, 2.45) is 10.2 Å². The van der Waals surface area contributed by atoms with Gasteiger partial charge < -0.3 is 14.5 Å². The first-order chi connectivity index (χ1) is 9.69. The maximum Gasteiger partial charge on any atom is 0.277 e. The second kappa shape index (κ2) is 4.51. The summed E-state index contributed by atoms with van der Waals surface area (Å²) < 4.78 is 5.17. The van der Waals surface area contributed by atoms with E-state index in [0.29, 0.717) is 11.6 Å². The van der Waals surface area contributed by atoms with Crippen LogP contribution in [0.1, 0.15) is 11.6 Å². The minimum atomic E-state index is -0.0929. The molecule has 20 heavy (non-hydrogen) atoms. The normalized spacial score (nSPS) is 11.2. The molecule has 3 rings (SSSR count). The van der Waals surface area contributed by atoms with Crippen molar-refractivity contribution in [2.75, 3.05) is 0 Å². The van der Waals surface area contributed by atoms with Gasteiger partial charge in [-0.25, -0.2) is 4.98 Å². The Morgan fingerprint density at radius 3 is 2.95 bits per heavy atom. The molecule has 0 atom stereocenters. The molecule has 2 aromatic heterocycles. The molecule has 2 heterocycles. The number of nitriles is 1. The molecule has 7 heteroatoms. The molecule has 0 spiro atoms. The summed E-state index contributed by atoms with van der Waals surface area (Å²) in [6.07, 6.45) is 0. The monoisotopic (exact) mass is 267 g/mol. The van der Waals surface area contributed by atoms with E-state index in [0.717, 1.165) is 10.9 Å². The summed E-state index contributed by atoms with van der Waals surface area (Å²) >= 11 is 0. The number of aryl methyl sites for hydroxylation is 1. The van der Waals surface area contributed by atoms with Crippen molar-refractivity contribution in [3.63, 3.8) is 0 Å². The minimum absolute atomic E-state index is 0.0229. The number of fused-ring (bicyclic) bond motifs is 1. The molecule has 0 amide bonds.